The molecule has 7 nitrogen and oxygen atoms in total. The number of nitrogens with two attached hydrogens (primary N) is 1. The third kappa shape index (κ3) is 3.61. The second-order valence-corrected chi connectivity index (χ2v) is 5.81. The number of hydrogen-bond acceptors (Lipinski definition) is 5. The maximum atomic E-state index is 12.8. The summed E-state index contributed by atoms with van der Waals surface area (Å²) < 4.78 is 5.27. The fraction of sp³-hybridized carbons (Fsp3) is 0.846. The first-order valence-corrected chi connectivity index (χ1v) is 6.84. The van der Waals surface area contributed by atoms with E-state index in [0.29, 0.717) is 32.6 Å². The number of aliphatic hydroxyl groups is 1. The van der Waals surface area contributed by atoms with E-state index >= 15 is 0 Å². The number of ether oxygens (including phenoxy) is 1. The van der Waals surface area contributed by atoms with Gasteiger partial charge in [-0.3, -0.25) is 4.79 Å². The van der Waals surface area contributed by atoms with Crippen LogP contribution in [0.25, 0.3) is 0 Å². The lowest BCUT2D eigenvalue weighted by Crippen LogP contribution is -2.56. The fourth-order valence-electron chi connectivity index (χ4n) is 2.49. The molecule has 0 aromatic rings. The van der Waals surface area contributed by atoms with Crippen molar-refractivity contribution in [2.45, 2.75) is 39.2 Å². The van der Waals surface area contributed by atoms with Gasteiger partial charge in [0, 0.05) is 26.3 Å². The summed E-state index contributed by atoms with van der Waals surface area (Å²) in [5.41, 5.74) is 3.74. The number of likely N-dealkylation sites (N-methyl/N-ethyl adjacent to an activating group) is 1. The Morgan fingerprint density at radius 2 is 2.00 bits per heavy atom. The minimum absolute atomic E-state index is 0.0833. The molecule has 4 N–H and O–H groups in total. The molecule has 0 radical (unpaired) electrons. The van der Waals surface area contributed by atoms with Crippen LogP contribution in [0, 0.1) is 5.41 Å². The van der Waals surface area contributed by atoms with E-state index in [1.165, 1.54) is 0 Å². The first-order chi connectivity index (χ1) is 9.27. The Balaban J connectivity index is 3.03. The highest BCUT2D eigenvalue weighted by Crippen LogP contribution is 2.33. The highest BCUT2D eigenvalue weighted by atomic mass is 16.5. The van der Waals surface area contributed by atoms with E-state index < -0.39 is 11.0 Å². The molecule has 1 fully saturated rings. The lowest BCUT2D eigenvalue weighted by molar-refractivity contribution is -0.145. The minimum atomic E-state index is -1.03. The zero-order valence-corrected chi connectivity index (χ0v) is 12.4. The van der Waals surface area contributed by atoms with Gasteiger partial charge in [0.05, 0.1) is 5.60 Å². The van der Waals surface area contributed by atoms with Gasteiger partial charge in [-0.1, -0.05) is 5.16 Å². The van der Waals surface area contributed by atoms with Gasteiger partial charge in [-0.25, -0.2) is 0 Å². The average molecular weight is 287 g/mol. The van der Waals surface area contributed by atoms with Gasteiger partial charge in [0.1, 0.15) is 5.41 Å². The second kappa shape index (κ2) is 6.41. The summed E-state index contributed by atoms with van der Waals surface area (Å²) in [5.74, 6) is -0.305. The minimum Gasteiger partial charge on any atom is -0.409 e. The largest absolute Gasteiger partial charge is 0.409 e. The van der Waals surface area contributed by atoms with E-state index in [1.807, 2.05) is 6.92 Å². The van der Waals surface area contributed by atoms with E-state index in [-0.39, 0.29) is 18.3 Å². The van der Waals surface area contributed by atoms with Gasteiger partial charge in [-0.05, 0) is 33.6 Å². The number of carbonyl (C=O) groups excluding carboxylic acids is 1. The van der Waals surface area contributed by atoms with Gasteiger partial charge >= 0.3 is 0 Å². The van der Waals surface area contributed by atoms with Crippen LogP contribution in [0.2, 0.25) is 0 Å². The Hall–Kier alpha value is -1.34. The zero-order chi connectivity index (χ0) is 15.4. The molecule has 0 aromatic heterocycles. The van der Waals surface area contributed by atoms with Gasteiger partial charge in [0.25, 0.3) is 0 Å². The summed E-state index contributed by atoms with van der Waals surface area (Å²) in [6.07, 6.45) is 0.758. The molecule has 116 valence electrons. The van der Waals surface area contributed by atoms with E-state index in [4.69, 9.17) is 15.7 Å². The lowest BCUT2D eigenvalue weighted by Gasteiger charge is -2.39. The van der Waals surface area contributed by atoms with Crippen LogP contribution in [-0.4, -0.2) is 58.9 Å². The van der Waals surface area contributed by atoms with E-state index in [0.717, 1.165) is 0 Å². The SMILES string of the molecule is CCN(CC(C)(C)O)C(=O)C1(C(N)=NO)CCOCC1. The average Bonchev–Trinajstić information content (AvgIpc) is 2.42. The molecule has 1 heterocycles. The molecular formula is C13H25N3O4. The molecule has 1 rings (SSSR count). The molecule has 0 aliphatic carbocycles. The Kier molecular flexibility index (Phi) is 5.35. The topological polar surface area (TPSA) is 108 Å². The van der Waals surface area contributed by atoms with Crippen molar-refractivity contribution in [2.24, 2.45) is 16.3 Å². The molecule has 0 atom stereocenters. The molecule has 0 unspecified atom stereocenters. The standard InChI is InChI=1S/C13H25N3O4/c1-4-16(9-12(2,3)18)11(17)13(10(14)15-19)5-7-20-8-6-13/h18-19H,4-9H2,1-3H3,(H2,14,15). The first kappa shape index (κ1) is 16.7. The molecule has 0 aromatic carbocycles. The molecule has 1 aliphatic heterocycles. The fourth-order valence-corrected chi connectivity index (χ4v) is 2.49. The van der Waals surface area contributed by atoms with Gasteiger partial charge in [0.15, 0.2) is 5.84 Å². The molecular weight excluding hydrogens is 262 g/mol. The Morgan fingerprint density at radius 3 is 2.40 bits per heavy atom. The van der Waals surface area contributed by atoms with Crippen molar-refractivity contribution >= 4 is 11.7 Å². The summed E-state index contributed by atoms with van der Waals surface area (Å²) in [5, 5.41) is 22.0. The van der Waals surface area contributed by atoms with Gasteiger partial charge in [-0.15, -0.1) is 0 Å². The molecule has 1 aliphatic rings. The Morgan fingerprint density at radius 1 is 1.45 bits per heavy atom. The highest BCUT2D eigenvalue weighted by Gasteiger charge is 2.47. The smallest absolute Gasteiger partial charge is 0.236 e. The monoisotopic (exact) mass is 287 g/mol. The van der Waals surface area contributed by atoms with Crippen LogP contribution in [0.1, 0.15) is 33.6 Å². The summed E-state index contributed by atoms with van der Waals surface area (Å²) in [6.45, 7) is 6.55. The summed E-state index contributed by atoms with van der Waals surface area (Å²) >= 11 is 0. The number of rotatable bonds is 5. The van der Waals surface area contributed by atoms with Crippen LogP contribution in [0.3, 0.4) is 0 Å². The van der Waals surface area contributed by atoms with Crippen molar-refractivity contribution in [2.75, 3.05) is 26.3 Å². The van der Waals surface area contributed by atoms with Gasteiger partial charge < -0.3 is 25.7 Å². The Labute approximate surface area is 119 Å². The normalized spacial score (nSPS) is 19.7. The second-order valence-electron chi connectivity index (χ2n) is 5.81. The van der Waals surface area contributed by atoms with Crippen LogP contribution >= 0.6 is 0 Å². The Bertz CT molecular complexity index is 370. The van der Waals surface area contributed by atoms with Crippen molar-refractivity contribution in [3.63, 3.8) is 0 Å². The van der Waals surface area contributed by atoms with E-state index in [9.17, 15) is 9.90 Å². The van der Waals surface area contributed by atoms with Crippen molar-refractivity contribution < 1.29 is 19.8 Å². The molecule has 0 saturated carbocycles. The number of nitrogens with zero attached hydrogens (tertiary/aromatic N) is 2. The maximum absolute atomic E-state index is 12.8. The third-order valence-electron chi connectivity index (χ3n) is 3.60. The third-order valence-corrected chi connectivity index (χ3v) is 3.60. The van der Waals surface area contributed by atoms with Crippen molar-refractivity contribution in [1.82, 2.24) is 4.90 Å². The molecule has 0 bridgehead atoms. The number of oxime groups is 1. The maximum Gasteiger partial charge on any atom is 0.236 e. The molecule has 20 heavy (non-hydrogen) atoms. The quantitative estimate of drug-likeness (QED) is 0.289. The van der Waals surface area contributed by atoms with Crippen LogP contribution in [0.5, 0.6) is 0 Å². The first-order valence-electron chi connectivity index (χ1n) is 6.84. The van der Waals surface area contributed by atoms with E-state index in [2.05, 4.69) is 5.16 Å². The summed E-state index contributed by atoms with van der Waals surface area (Å²) in [6, 6.07) is 0. The number of amides is 1. The van der Waals surface area contributed by atoms with Gasteiger partial charge in [-0.2, -0.15) is 0 Å². The highest BCUT2D eigenvalue weighted by molar-refractivity contribution is 6.06. The number of hydrogen-bond donors (Lipinski definition) is 3. The molecule has 7 heteroatoms. The van der Waals surface area contributed by atoms with Crippen LogP contribution < -0.4 is 5.73 Å². The van der Waals surface area contributed by atoms with Crippen LogP contribution in [0.15, 0.2) is 5.16 Å². The summed E-state index contributed by atoms with van der Waals surface area (Å²) in [7, 11) is 0. The lowest BCUT2D eigenvalue weighted by atomic mass is 9.77. The van der Waals surface area contributed by atoms with Crippen molar-refractivity contribution in [3.8, 4) is 0 Å². The van der Waals surface area contributed by atoms with Gasteiger partial charge in [0.2, 0.25) is 5.91 Å². The molecule has 0 spiro atoms. The van der Waals surface area contributed by atoms with Crippen LogP contribution in [0.4, 0.5) is 0 Å². The molecule has 1 saturated heterocycles. The van der Waals surface area contributed by atoms with Crippen molar-refractivity contribution in [1.29, 1.82) is 0 Å². The van der Waals surface area contributed by atoms with E-state index in [1.54, 1.807) is 18.7 Å². The zero-order valence-electron chi connectivity index (χ0n) is 12.4. The van der Waals surface area contributed by atoms with Crippen molar-refractivity contribution in [3.05, 3.63) is 0 Å². The summed E-state index contributed by atoms with van der Waals surface area (Å²) in [4.78, 5) is 14.4. The number of amidine groups is 1. The predicted molar refractivity (Wildman–Crippen MR) is 74.4 cm³/mol. The van der Waals surface area contributed by atoms with Crippen LogP contribution in [-0.2, 0) is 9.53 Å². The molecule has 1 amide bonds. The predicted octanol–water partition coefficient (Wildman–Crippen LogP) is 0.149. The number of carbonyl (C=O) groups is 1.